The van der Waals surface area contributed by atoms with Gasteiger partial charge in [-0.05, 0) is 49.2 Å². The van der Waals surface area contributed by atoms with Crippen molar-refractivity contribution in [1.82, 2.24) is 0 Å². The maximum absolute atomic E-state index is 14.3. The van der Waals surface area contributed by atoms with Crippen LogP contribution in [0.15, 0.2) is 72.8 Å². The summed E-state index contributed by atoms with van der Waals surface area (Å²) in [6.45, 7) is 8.88. The van der Waals surface area contributed by atoms with Crippen LogP contribution in [-0.4, -0.2) is 50.7 Å². The van der Waals surface area contributed by atoms with Crippen LogP contribution in [0.2, 0.25) is 0 Å². The van der Waals surface area contributed by atoms with Gasteiger partial charge in [-0.15, -0.1) is 0 Å². The average Bonchev–Trinajstić information content (AvgIpc) is 2.84. The van der Waals surface area contributed by atoms with Crippen LogP contribution in [0.25, 0.3) is 0 Å². The first-order valence-corrected chi connectivity index (χ1v) is 11.4. The van der Waals surface area contributed by atoms with E-state index in [0.717, 1.165) is 24.3 Å². The number of halogens is 6. The topological polar surface area (TPSA) is 71.1 Å². The summed E-state index contributed by atoms with van der Waals surface area (Å²) < 4.78 is 106. The molecule has 0 aliphatic rings. The van der Waals surface area contributed by atoms with Gasteiger partial charge in [-0.1, -0.05) is 37.4 Å². The van der Waals surface area contributed by atoms with Crippen molar-refractivity contribution >= 4 is 11.9 Å². The third kappa shape index (κ3) is 7.55. The van der Waals surface area contributed by atoms with Crippen molar-refractivity contribution in [3.8, 4) is 11.5 Å². The van der Waals surface area contributed by atoms with Gasteiger partial charge >= 0.3 is 24.3 Å². The first kappa shape index (κ1) is 31.3. The number of hydrogen-bond donors (Lipinski definition) is 0. The molecule has 0 unspecified atom stereocenters. The maximum atomic E-state index is 14.3. The normalized spacial score (nSPS) is 11.9. The summed E-state index contributed by atoms with van der Waals surface area (Å²) in [5.41, 5.74) is -6.21. The number of benzene rings is 2. The first-order chi connectivity index (χ1) is 18.1. The van der Waals surface area contributed by atoms with Crippen molar-refractivity contribution in [2.75, 3.05) is 26.4 Å². The molecule has 2 aromatic carbocycles. The monoisotopic (exact) mass is 560 g/mol. The minimum Gasteiger partial charge on any atom is -0.490 e. The Morgan fingerprint density at radius 3 is 1.18 bits per heavy atom. The van der Waals surface area contributed by atoms with E-state index in [0.29, 0.717) is 24.3 Å². The third-order valence-electron chi connectivity index (χ3n) is 5.29. The quantitative estimate of drug-likeness (QED) is 0.135. The van der Waals surface area contributed by atoms with Gasteiger partial charge in [-0.2, -0.15) is 26.3 Å². The Balaban J connectivity index is 2.27. The number of esters is 2. The van der Waals surface area contributed by atoms with Crippen molar-refractivity contribution < 1.29 is 54.9 Å². The Morgan fingerprint density at radius 2 is 0.923 bits per heavy atom. The predicted molar refractivity (Wildman–Crippen MR) is 128 cm³/mol. The lowest BCUT2D eigenvalue weighted by atomic mass is 9.73. The van der Waals surface area contributed by atoms with E-state index < -0.39 is 40.8 Å². The Bertz CT molecular complexity index is 1070. The molecule has 0 atom stereocenters. The molecule has 2 rings (SSSR count). The van der Waals surface area contributed by atoms with Crippen LogP contribution >= 0.6 is 0 Å². The molecule has 0 spiro atoms. The minimum absolute atomic E-state index is 0.0283. The molecule has 2 aromatic rings. The van der Waals surface area contributed by atoms with Gasteiger partial charge in [0, 0.05) is 11.1 Å². The molecule has 0 amide bonds. The molecule has 0 saturated carbocycles. The first-order valence-electron chi connectivity index (χ1n) is 11.4. The molecule has 6 nitrogen and oxygen atoms in total. The number of rotatable bonds is 12. The van der Waals surface area contributed by atoms with Gasteiger partial charge in [0.05, 0.1) is 0 Å². The van der Waals surface area contributed by atoms with Crippen molar-refractivity contribution in [2.45, 2.75) is 31.6 Å². The summed E-state index contributed by atoms with van der Waals surface area (Å²) in [6.07, 6.45) is -11.5. The van der Waals surface area contributed by atoms with E-state index in [-0.39, 0.29) is 49.1 Å². The van der Waals surface area contributed by atoms with Crippen LogP contribution in [0.3, 0.4) is 0 Å². The van der Waals surface area contributed by atoms with Gasteiger partial charge in [0.2, 0.25) is 5.41 Å². The van der Waals surface area contributed by atoms with Gasteiger partial charge in [-0.3, -0.25) is 0 Å². The van der Waals surface area contributed by atoms with Gasteiger partial charge in [0.1, 0.15) is 37.9 Å². The van der Waals surface area contributed by atoms with E-state index in [2.05, 4.69) is 13.2 Å². The molecule has 0 aliphatic carbocycles. The van der Waals surface area contributed by atoms with Crippen LogP contribution < -0.4 is 9.47 Å². The van der Waals surface area contributed by atoms with E-state index in [1.807, 2.05) is 0 Å². The largest absolute Gasteiger partial charge is 0.490 e. The summed E-state index contributed by atoms with van der Waals surface area (Å²) in [7, 11) is 0. The summed E-state index contributed by atoms with van der Waals surface area (Å²) >= 11 is 0. The highest BCUT2D eigenvalue weighted by atomic mass is 19.4. The Hall–Kier alpha value is -3.96. The zero-order valence-corrected chi connectivity index (χ0v) is 21.1. The highest BCUT2D eigenvalue weighted by molar-refractivity contribution is 5.87. The van der Waals surface area contributed by atoms with Crippen molar-refractivity contribution in [3.63, 3.8) is 0 Å². The zero-order valence-electron chi connectivity index (χ0n) is 21.1. The summed E-state index contributed by atoms with van der Waals surface area (Å²) in [6, 6.07) is 6.57. The van der Waals surface area contributed by atoms with E-state index in [1.165, 1.54) is 13.8 Å². The number of carbonyl (C=O) groups is 2. The second kappa shape index (κ2) is 12.7. The fourth-order valence-corrected chi connectivity index (χ4v) is 3.42. The molecule has 0 saturated heterocycles. The fraction of sp³-hybridized carbons (Fsp3) is 0.333. The van der Waals surface area contributed by atoms with Crippen molar-refractivity contribution in [3.05, 3.63) is 84.0 Å². The fourth-order valence-electron chi connectivity index (χ4n) is 3.42. The van der Waals surface area contributed by atoms with Crippen LogP contribution in [0, 0.1) is 0 Å². The molecular formula is C27H26F6O6. The van der Waals surface area contributed by atoms with E-state index >= 15 is 0 Å². The van der Waals surface area contributed by atoms with Gasteiger partial charge in [-0.25, -0.2) is 9.59 Å². The van der Waals surface area contributed by atoms with Crippen molar-refractivity contribution in [2.24, 2.45) is 0 Å². The molecule has 0 heterocycles. The number of alkyl halides is 6. The zero-order chi connectivity index (χ0) is 29.4. The van der Waals surface area contributed by atoms with Gasteiger partial charge in [0.15, 0.2) is 0 Å². The number of carbonyl (C=O) groups excluding carboxylic acids is 2. The van der Waals surface area contributed by atoms with Gasteiger partial charge in [0.25, 0.3) is 0 Å². The molecule has 0 N–H and O–H groups in total. The number of hydrogen-bond acceptors (Lipinski definition) is 6. The molecule has 0 aromatic heterocycles. The Labute approximate surface area is 220 Å². The van der Waals surface area contributed by atoms with Crippen LogP contribution in [0.4, 0.5) is 26.3 Å². The average molecular weight is 560 g/mol. The highest BCUT2D eigenvalue weighted by Crippen LogP contribution is 2.56. The SMILES string of the molecule is C=C(C)C(=O)OCCOc1ccc(C(c2ccc(OCCOC(=O)C(=C)C)cc2)(C(F)(F)F)C(F)(F)F)cc1. The second-order valence-electron chi connectivity index (χ2n) is 8.32. The molecule has 39 heavy (non-hydrogen) atoms. The molecular weight excluding hydrogens is 534 g/mol. The van der Waals surface area contributed by atoms with E-state index in [4.69, 9.17) is 18.9 Å². The highest BCUT2D eigenvalue weighted by Gasteiger charge is 2.72. The lowest BCUT2D eigenvalue weighted by Gasteiger charge is -2.38. The second-order valence-corrected chi connectivity index (χ2v) is 8.32. The smallest absolute Gasteiger partial charge is 0.411 e. The summed E-state index contributed by atoms with van der Waals surface area (Å²) in [5.74, 6) is -1.40. The summed E-state index contributed by atoms with van der Waals surface area (Å²) in [5, 5.41) is 0. The molecule has 0 fully saturated rings. The third-order valence-corrected chi connectivity index (χ3v) is 5.29. The maximum Gasteiger partial charge on any atom is 0.411 e. The Kier molecular flexibility index (Phi) is 10.2. The molecule has 12 heteroatoms. The minimum atomic E-state index is -5.77. The number of ether oxygens (including phenoxy) is 4. The van der Waals surface area contributed by atoms with Crippen molar-refractivity contribution in [1.29, 1.82) is 0 Å². The molecule has 0 aliphatic heterocycles. The summed E-state index contributed by atoms with van der Waals surface area (Å²) in [4.78, 5) is 22.7. The van der Waals surface area contributed by atoms with Gasteiger partial charge < -0.3 is 18.9 Å². The lowest BCUT2D eigenvalue weighted by molar-refractivity contribution is -0.288. The van der Waals surface area contributed by atoms with E-state index in [1.54, 1.807) is 0 Å². The molecule has 212 valence electrons. The molecule has 0 bridgehead atoms. The Morgan fingerprint density at radius 1 is 0.615 bits per heavy atom. The lowest BCUT2D eigenvalue weighted by Crippen LogP contribution is -2.54. The molecule has 0 radical (unpaired) electrons. The van der Waals surface area contributed by atoms with Crippen LogP contribution in [-0.2, 0) is 24.5 Å². The van der Waals surface area contributed by atoms with Crippen LogP contribution in [0.5, 0.6) is 11.5 Å². The van der Waals surface area contributed by atoms with E-state index in [9.17, 15) is 35.9 Å². The standard InChI is InChI=1S/C27H26F6O6/c1-17(2)23(34)38-15-13-36-21-9-5-19(6-10-21)25(26(28,29)30,27(31,32)33)20-7-11-22(12-8-20)37-14-16-39-24(35)18(3)4/h5-12H,1,3,13-16H2,2,4H3. The predicted octanol–water partition coefficient (Wildman–Crippen LogP) is 6.09. The van der Waals surface area contributed by atoms with Crippen LogP contribution in [0.1, 0.15) is 25.0 Å².